The zero-order valence-corrected chi connectivity index (χ0v) is 19.8. The normalized spacial score (nSPS) is 14.2. The number of nitrogens with two attached hydrogens (primary N) is 2. The molecule has 0 bridgehead atoms. The van der Waals surface area contributed by atoms with Crippen LogP contribution in [0.4, 0.5) is 19.0 Å². The molecule has 1 aliphatic heterocycles. The van der Waals surface area contributed by atoms with E-state index in [-0.39, 0.29) is 36.3 Å². The van der Waals surface area contributed by atoms with E-state index in [1.807, 2.05) is 0 Å². The molecular weight excluding hydrogens is 479 g/mol. The summed E-state index contributed by atoms with van der Waals surface area (Å²) in [5, 5.41) is 9.04. The lowest BCUT2D eigenvalue weighted by Crippen LogP contribution is -2.45. The maximum absolute atomic E-state index is 13.7. The number of fused-ring (bicyclic) bond motifs is 1. The standard InChI is InChI=1S/C24H24F3N5O4/c1-23(2,3)36-18(33)7-6-17(21(30)34)32-11-14-8-12(4-5-15(14)22(32)35)19-16(24(25,26)27)9-13(10-28)20(29)31-19/h4-5,8-9,17H,6-7,11H2,1-3H3,(H2,29,31)(H2,30,34)/t17-/m0/s1. The van der Waals surface area contributed by atoms with Crippen molar-refractivity contribution in [1.82, 2.24) is 9.88 Å². The molecule has 0 saturated carbocycles. The number of aromatic nitrogens is 1. The third-order valence-corrected chi connectivity index (χ3v) is 5.44. The number of benzene rings is 1. The molecule has 3 rings (SSSR count). The predicted molar refractivity (Wildman–Crippen MR) is 122 cm³/mol. The maximum Gasteiger partial charge on any atom is 0.418 e. The number of pyridine rings is 1. The second kappa shape index (κ2) is 9.49. The molecule has 0 unspecified atom stereocenters. The van der Waals surface area contributed by atoms with Gasteiger partial charge in [0.1, 0.15) is 23.5 Å². The van der Waals surface area contributed by atoms with Crippen LogP contribution in [0.5, 0.6) is 0 Å². The summed E-state index contributed by atoms with van der Waals surface area (Å²) in [6.07, 6.45) is -5.07. The van der Waals surface area contributed by atoms with E-state index in [2.05, 4.69) is 4.98 Å². The summed E-state index contributed by atoms with van der Waals surface area (Å²) in [5.41, 5.74) is 8.91. The van der Waals surface area contributed by atoms with Crippen molar-refractivity contribution in [2.75, 3.05) is 5.73 Å². The molecule has 190 valence electrons. The molecule has 12 heteroatoms. The lowest BCUT2D eigenvalue weighted by Gasteiger charge is -2.25. The van der Waals surface area contributed by atoms with E-state index in [0.717, 1.165) is 0 Å². The van der Waals surface area contributed by atoms with Gasteiger partial charge in [-0.3, -0.25) is 14.4 Å². The minimum absolute atomic E-state index is 0.0243. The quantitative estimate of drug-likeness (QED) is 0.574. The van der Waals surface area contributed by atoms with Crippen LogP contribution in [0, 0.1) is 11.3 Å². The molecule has 0 saturated heterocycles. The number of primary amides is 1. The number of carbonyl (C=O) groups is 3. The Morgan fingerprint density at radius 1 is 1.25 bits per heavy atom. The fraction of sp³-hybridized carbons (Fsp3) is 0.375. The average Bonchev–Trinajstić information content (AvgIpc) is 3.07. The van der Waals surface area contributed by atoms with Gasteiger partial charge in [-0.05, 0) is 51.0 Å². The van der Waals surface area contributed by atoms with Gasteiger partial charge in [0.25, 0.3) is 5.91 Å². The Kier molecular flexibility index (Phi) is 6.97. The first kappa shape index (κ1) is 26.5. The Bertz CT molecular complexity index is 1280. The molecule has 1 atom stereocenters. The van der Waals surface area contributed by atoms with Crippen LogP contribution >= 0.6 is 0 Å². The van der Waals surface area contributed by atoms with Gasteiger partial charge in [0.2, 0.25) is 5.91 Å². The highest BCUT2D eigenvalue weighted by Gasteiger charge is 2.38. The van der Waals surface area contributed by atoms with Gasteiger partial charge in [0.05, 0.1) is 16.8 Å². The molecule has 0 spiro atoms. The minimum Gasteiger partial charge on any atom is -0.460 e. The fourth-order valence-corrected chi connectivity index (χ4v) is 3.89. The highest BCUT2D eigenvalue weighted by molar-refractivity contribution is 6.01. The Morgan fingerprint density at radius 2 is 1.92 bits per heavy atom. The largest absolute Gasteiger partial charge is 0.460 e. The van der Waals surface area contributed by atoms with Gasteiger partial charge in [-0.15, -0.1) is 0 Å². The van der Waals surface area contributed by atoms with Gasteiger partial charge in [-0.2, -0.15) is 18.4 Å². The predicted octanol–water partition coefficient (Wildman–Crippen LogP) is 3.15. The zero-order valence-electron chi connectivity index (χ0n) is 19.8. The van der Waals surface area contributed by atoms with Gasteiger partial charge >= 0.3 is 12.1 Å². The molecule has 9 nitrogen and oxygen atoms in total. The van der Waals surface area contributed by atoms with Crippen LogP contribution in [0.2, 0.25) is 0 Å². The van der Waals surface area contributed by atoms with Crippen molar-refractivity contribution in [1.29, 1.82) is 5.26 Å². The number of amides is 2. The van der Waals surface area contributed by atoms with E-state index in [0.29, 0.717) is 11.6 Å². The highest BCUT2D eigenvalue weighted by atomic mass is 19.4. The van der Waals surface area contributed by atoms with Crippen LogP contribution in [-0.4, -0.2) is 39.3 Å². The van der Waals surface area contributed by atoms with E-state index >= 15 is 0 Å². The third-order valence-electron chi connectivity index (χ3n) is 5.44. The number of hydrogen-bond acceptors (Lipinski definition) is 7. The lowest BCUT2D eigenvalue weighted by atomic mass is 9.99. The van der Waals surface area contributed by atoms with Crippen LogP contribution in [0.1, 0.15) is 60.7 Å². The van der Waals surface area contributed by atoms with Crippen molar-refractivity contribution in [3.05, 3.63) is 46.5 Å². The molecule has 2 amide bonds. The summed E-state index contributed by atoms with van der Waals surface area (Å²) in [6.45, 7) is 4.96. The number of nitriles is 1. The molecule has 36 heavy (non-hydrogen) atoms. The first-order valence-corrected chi connectivity index (χ1v) is 10.9. The van der Waals surface area contributed by atoms with Crippen molar-refractivity contribution < 1.29 is 32.3 Å². The number of hydrogen-bond donors (Lipinski definition) is 2. The number of nitrogen functional groups attached to an aromatic ring is 1. The van der Waals surface area contributed by atoms with E-state index in [1.54, 1.807) is 26.8 Å². The topological polar surface area (TPSA) is 152 Å². The van der Waals surface area contributed by atoms with Gasteiger partial charge < -0.3 is 21.1 Å². The van der Waals surface area contributed by atoms with E-state index < -0.39 is 52.4 Å². The summed E-state index contributed by atoms with van der Waals surface area (Å²) < 4.78 is 46.3. The van der Waals surface area contributed by atoms with Crippen LogP contribution in [0.15, 0.2) is 24.3 Å². The van der Waals surface area contributed by atoms with Crippen LogP contribution < -0.4 is 11.5 Å². The number of anilines is 1. The monoisotopic (exact) mass is 503 g/mol. The summed E-state index contributed by atoms with van der Waals surface area (Å²) in [6, 6.07) is 5.04. The molecule has 1 aromatic heterocycles. The molecule has 0 fully saturated rings. The number of nitrogens with zero attached hydrogens (tertiary/aromatic N) is 3. The van der Waals surface area contributed by atoms with Crippen molar-refractivity contribution in [2.24, 2.45) is 5.73 Å². The number of carbonyl (C=O) groups excluding carboxylic acids is 3. The fourth-order valence-electron chi connectivity index (χ4n) is 3.89. The minimum atomic E-state index is -4.82. The van der Waals surface area contributed by atoms with Gasteiger partial charge in [0.15, 0.2) is 0 Å². The average molecular weight is 503 g/mol. The van der Waals surface area contributed by atoms with Crippen molar-refractivity contribution in [3.63, 3.8) is 0 Å². The number of rotatable bonds is 6. The summed E-state index contributed by atoms with van der Waals surface area (Å²) in [4.78, 5) is 42.2. The van der Waals surface area contributed by atoms with Crippen molar-refractivity contribution in [3.8, 4) is 17.3 Å². The second-order valence-electron chi connectivity index (χ2n) is 9.28. The molecule has 2 heterocycles. The number of esters is 1. The zero-order chi connectivity index (χ0) is 27.0. The number of halogens is 3. The Hall–Kier alpha value is -4.14. The van der Waals surface area contributed by atoms with Crippen LogP contribution in [0.3, 0.4) is 0 Å². The van der Waals surface area contributed by atoms with Crippen molar-refractivity contribution >= 4 is 23.6 Å². The lowest BCUT2D eigenvalue weighted by molar-refractivity contribution is -0.155. The van der Waals surface area contributed by atoms with Gasteiger partial charge in [-0.1, -0.05) is 6.07 Å². The highest BCUT2D eigenvalue weighted by Crippen LogP contribution is 2.39. The summed E-state index contributed by atoms with van der Waals surface area (Å²) in [5.74, 6) is -2.31. The van der Waals surface area contributed by atoms with E-state index in [1.165, 1.54) is 23.1 Å². The molecular formula is C24H24F3N5O4. The third kappa shape index (κ3) is 5.56. The van der Waals surface area contributed by atoms with Gasteiger partial charge in [0, 0.05) is 24.1 Å². The summed E-state index contributed by atoms with van der Waals surface area (Å²) in [7, 11) is 0. The first-order chi connectivity index (χ1) is 16.6. The number of ether oxygens (including phenoxy) is 1. The second-order valence-corrected chi connectivity index (χ2v) is 9.28. The van der Waals surface area contributed by atoms with E-state index in [4.69, 9.17) is 21.5 Å². The van der Waals surface area contributed by atoms with Gasteiger partial charge in [-0.25, -0.2) is 4.98 Å². The molecule has 1 aliphatic rings. The Morgan fingerprint density at radius 3 is 2.47 bits per heavy atom. The van der Waals surface area contributed by atoms with Crippen LogP contribution in [0.25, 0.3) is 11.3 Å². The first-order valence-electron chi connectivity index (χ1n) is 10.9. The Labute approximate surface area is 204 Å². The SMILES string of the molecule is CC(C)(C)OC(=O)CC[C@@H](C(N)=O)N1Cc2cc(-c3nc(N)c(C#N)cc3C(F)(F)F)ccc2C1=O. The van der Waals surface area contributed by atoms with Crippen LogP contribution in [-0.2, 0) is 27.0 Å². The maximum atomic E-state index is 13.7. The number of alkyl halides is 3. The molecule has 0 radical (unpaired) electrons. The molecule has 1 aromatic carbocycles. The smallest absolute Gasteiger partial charge is 0.418 e. The molecule has 0 aliphatic carbocycles. The molecule has 2 aromatic rings. The molecule has 4 N–H and O–H groups in total. The van der Waals surface area contributed by atoms with E-state index in [9.17, 15) is 27.6 Å². The summed E-state index contributed by atoms with van der Waals surface area (Å²) >= 11 is 0. The Balaban J connectivity index is 1.92. The van der Waals surface area contributed by atoms with Crippen molar-refractivity contribution in [2.45, 2.75) is 58.0 Å².